The maximum atomic E-state index is 4.63. The van der Waals surface area contributed by atoms with Crippen LogP contribution in [0.3, 0.4) is 0 Å². The highest BCUT2D eigenvalue weighted by molar-refractivity contribution is 5.82. The van der Waals surface area contributed by atoms with Crippen molar-refractivity contribution >= 4 is 5.71 Å². The van der Waals surface area contributed by atoms with Crippen molar-refractivity contribution in [1.82, 2.24) is 0 Å². The van der Waals surface area contributed by atoms with Gasteiger partial charge in [-0.05, 0) is 46.0 Å². The fourth-order valence-corrected chi connectivity index (χ4v) is 1.50. The lowest BCUT2D eigenvalue weighted by Crippen LogP contribution is -1.98. The van der Waals surface area contributed by atoms with Gasteiger partial charge in [0.25, 0.3) is 0 Å². The molecule has 0 saturated heterocycles. The van der Waals surface area contributed by atoms with Gasteiger partial charge in [0, 0.05) is 11.4 Å². The molecule has 0 spiro atoms. The van der Waals surface area contributed by atoms with Crippen molar-refractivity contribution in [3.63, 3.8) is 0 Å². The molecule has 68 valence electrons. The van der Waals surface area contributed by atoms with Gasteiger partial charge in [0.05, 0.1) is 0 Å². The molecule has 0 fully saturated rings. The van der Waals surface area contributed by atoms with Crippen LogP contribution in [-0.4, -0.2) is 5.71 Å². The van der Waals surface area contributed by atoms with E-state index in [1.165, 1.54) is 42.7 Å². The van der Waals surface area contributed by atoms with E-state index in [0.29, 0.717) is 0 Å². The van der Waals surface area contributed by atoms with Crippen molar-refractivity contribution in [2.45, 2.75) is 52.9 Å². The maximum absolute atomic E-state index is 4.63. The maximum Gasteiger partial charge on any atom is 0.0392 e. The van der Waals surface area contributed by atoms with Gasteiger partial charge in [0.15, 0.2) is 0 Å². The normalized spacial score (nSPS) is 20.1. The number of allylic oxidation sites excluding steroid dienone is 2. The van der Waals surface area contributed by atoms with E-state index in [2.05, 4.69) is 25.8 Å². The van der Waals surface area contributed by atoms with Gasteiger partial charge in [0.1, 0.15) is 0 Å². The summed E-state index contributed by atoms with van der Waals surface area (Å²) in [6.07, 6.45) is 6.22. The van der Waals surface area contributed by atoms with Gasteiger partial charge in [0.2, 0.25) is 0 Å². The number of nitrogens with zero attached hydrogens (tertiary/aromatic N) is 1. The van der Waals surface area contributed by atoms with Crippen LogP contribution in [0.2, 0.25) is 0 Å². The molecule has 0 aliphatic heterocycles. The molecule has 0 saturated carbocycles. The molecule has 1 aliphatic carbocycles. The molecule has 0 unspecified atom stereocenters. The Balaban J connectivity index is 2.72. The van der Waals surface area contributed by atoms with Crippen LogP contribution in [0.4, 0.5) is 0 Å². The van der Waals surface area contributed by atoms with E-state index in [1.54, 1.807) is 0 Å². The van der Waals surface area contributed by atoms with Crippen LogP contribution in [0.25, 0.3) is 0 Å². The molecule has 0 aromatic rings. The molecule has 0 atom stereocenters. The highest BCUT2D eigenvalue weighted by Gasteiger charge is 2.07. The average Bonchev–Trinajstić information content (AvgIpc) is 2.09. The van der Waals surface area contributed by atoms with E-state index in [0.717, 1.165) is 6.42 Å². The fraction of sp³-hybridized carbons (Fsp3) is 0.727. The summed E-state index contributed by atoms with van der Waals surface area (Å²) >= 11 is 0. The first-order valence-electron chi connectivity index (χ1n) is 4.96. The lowest BCUT2D eigenvalue weighted by molar-refractivity contribution is 0.667. The van der Waals surface area contributed by atoms with Crippen molar-refractivity contribution < 1.29 is 0 Å². The molecule has 0 heterocycles. The zero-order valence-corrected chi connectivity index (χ0v) is 8.48. The number of rotatable bonds is 2. The summed E-state index contributed by atoms with van der Waals surface area (Å²) in [5.41, 5.74) is 4.14. The minimum Gasteiger partial charge on any atom is -0.263 e. The highest BCUT2D eigenvalue weighted by Crippen LogP contribution is 2.25. The first-order chi connectivity index (χ1) is 5.74. The van der Waals surface area contributed by atoms with Gasteiger partial charge < -0.3 is 0 Å². The molecule has 1 nitrogen and oxygen atoms in total. The molecule has 0 aromatic carbocycles. The van der Waals surface area contributed by atoms with Crippen LogP contribution in [0, 0.1) is 0 Å². The molecule has 0 N–H and O–H groups in total. The summed E-state index contributed by atoms with van der Waals surface area (Å²) < 4.78 is 0. The third-order valence-corrected chi connectivity index (χ3v) is 2.55. The van der Waals surface area contributed by atoms with Crippen molar-refractivity contribution in [1.29, 1.82) is 0 Å². The summed E-state index contributed by atoms with van der Waals surface area (Å²) in [6.45, 7) is 6.51. The molecule has 0 radical (unpaired) electrons. The van der Waals surface area contributed by atoms with Gasteiger partial charge in [-0.25, -0.2) is 0 Å². The van der Waals surface area contributed by atoms with Crippen molar-refractivity contribution in [3.05, 3.63) is 11.3 Å². The molecule has 1 rings (SSSR count). The van der Waals surface area contributed by atoms with Gasteiger partial charge in [-0.15, -0.1) is 0 Å². The van der Waals surface area contributed by atoms with Crippen LogP contribution < -0.4 is 0 Å². The van der Waals surface area contributed by atoms with E-state index in [9.17, 15) is 0 Å². The molecular formula is C11H19N. The predicted octanol–water partition coefficient (Wildman–Crippen LogP) is 3.71. The Morgan fingerprint density at radius 1 is 1.33 bits per heavy atom. The monoisotopic (exact) mass is 165 g/mol. The first-order valence-corrected chi connectivity index (χ1v) is 4.96. The van der Waals surface area contributed by atoms with E-state index >= 15 is 0 Å². The molecule has 1 aliphatic rings. The molecular weight excluding hydrogens is 146 g/mol. The topological polar surface area (TPSA) is 12.4 Å². The lowest BCUT2D eigenvalue weighted by Gasteiger charge is -2.14. The molecule has 12 heavy (non-hydrogen) atoms. The number of hydrogen-bond acceptors (Lipinski definition) is 1. The van der Waals surface area contributed by atoms with Crippen LogP contribution in [-0.2, 0) is 0 Å². The van der Waals surface area contributed by atoms with Crippen LogP contribution in [0.15, 0.2) is 16.3 Å². The molecule has 0 amide bonds. The Labute approximate surface area is 75.6 Å². The second-order valence-electron chi connectivity index (χ2n) is 3.63. The predicted molar refractivity (Wildman–Crippen MR) is 54.6 cm³/mol. The van der Waals surface area contributed by atoms with E-state index in [-0.39, 0.29) is 0 Å². The quantitative estimate of drug-likeness (QED) is 0.553. The zero-order chi connectivity index (χ0) is 8.97. The smallest absolute Gasteiger partial charge is 0.0392 e. The highest BCUT2D eigenvalue weighted by atomic mass is 14.8. The van der Waals surface area contributed by atoms with Crippen LogP contribution in [0.5, 0.6) is 0 Å². The lowest BCUT2D eigenvalue weighted by atomic mass is 9.98. The van der Waals surface area contributed by atoms with Crippen molar-refractivity contribution in [2.75, 3.05) is 0 Å². The minimum absolute atomic E-state index is 1.08. The third kappa shape index (κ3) is 2.47. The number of aliphatic imine (C=N–C) groups is 1. The van der Waals surface area contributed by atoms with Crippen LogP contribution >= 0.6 is 0 Å². The fourth-order valence-electron chi connectivity index (χ4n) is 1.50. The summed E-state index contributed by atoms with van der Waals surface area (Å²) in [6, 6.07) is 0. The van der Waals surface area contributed by atoms with Crippen molar-refractivity contribution in [3.8, 4) is 0 Å². The summed E-state index contributed by atoms with van der Waals surface area (Å²) in [4.78, 5) is 4.63. The second-order valence-corrected chi connectivity index (χ2v) is 3.63. The average molecular weight is 165 g/mol. The Morgan fingerprint density at radius 2 is 2.00 bits per heavy atom. The van der Waals surface area contributed by atoms with Gasteiger partial charge >= 0.3 is 0 Å². The minimum atomic E-state index is 1.08. The summed E-state index contributed by atoms with van der Waals surface area (Å²) in [5.74, 6) is 0. The zero-order valence-electron chi connectivity index (χ0n) is 8.48. The van der Waals surface area contributed by atoms with Crippen molar-refractivity contribution in [2.24, 2.45) is 4.99 Å². The summed E-state index contributed by atoms with van der Waals surface area (Å²) in [7, 11) is 0. The van der Waals surface area contributed by atoms with Gasteiger partial charge in [-0.1, -0.05) is 12.5 Å². The Morgan fingerprint density at radius 3 is 2.58 bits per heavy atom. The standard InChI is InChI=1S/C11H19N/c1-4-10(3)12-11-8-6-5-7-9(11)2/h4-8H2,1-3H3/b12-10+. The molecule has 0 aromatic heterocycles. The Bertz CT molecular complexity index is 211. The SMILES string of the molecule is CC/C(C)=N/C1=C(C)CCCC1. The van der Waals surface area contributed by atoms with E-state index in [1.807, 2.05) is 0 Å². The van der Waals surface area contributed by atoms with E-state index < -0.39 is 0 Å². The van der Waals surface area contributed by atoms with Crippen LogP contribution in [0.1, 0.15) is 52.9 Å². The molecule has 0 bridgehead atoms. The summed E-state index contributed by atoms with van der Waals surface area (Å²) in [5, 5.41) is 0. The third-order valence-electron chi connectivity index (χ3n) is 2.55. The van der Waals surface area contributed by atoms with Gasteiger partial charge in [-0.3, -0.25) is 4.99 Å². The number of hydrogen-bond donors (Lipinski definition) is 0. The largest absolute Gasteiger partial charge is 0.263 e. The Kier molecular flexibility index (Phi) is 3.51. The van der Waals surface area contributed by atoms with E-state index in [4.69, 9.17) is 0 Å². The van der Waals surface area contributed by atoms with Gasteiger partial charge in [-0.2, -0.15) is 0 Å². The molecule has 1 heteroatoms. The second kappa shape index (κ2) is 4.44. The Hall–Kier alpha value is -0.590. The first kappa shape index (κ1) is 9.50.